The number of benzene rings is 1. The lowest BCUT2D eigenvalue weighted by Gasteiger charge is -2.23. The summed E-state index contributed by atoms with van der Waals surface area (Å²) in [7, 11) is 0. The zero-order valence-electron chi connectivity index (χ0n) is 11.5. The number of nitrogens with one attached hydrogen (secondary N) is 2. The second-order valence-corrected chi connectivity index (χ2v) is 5.31. The molecule has 2 nitrogen and oxygen atoms in total. The Bertz CT molecular complexity index is 325. The Hall–Kier alpha value is -0.860. The minimum Gasteiger partial charge on any atom is -0.315 e. The molecule has 2 N–H and O–H groups in total. The molecule has 1 aliphatic heterocycles. The minimum absolute atomic E-state index is 0.679. The zero-order valence-corrected chi connectivity index (χ0v) is 11.5. The smallest absolute Gasteiger partial charge is 0.0193 e. The molecule has 1 atom stereocenters. The molecule has 0 spiro atoms. The van der Waals surface area contributed by atoms with Crippen LogP contribution in [0.5, 0.6) is 0 Å². The molecule has 2 rings (SSSR count). The van der Waals surface area contributed by atoms with Gasteiger partial charge in [-0.05, 0) is 49.9 Å². The monoisotopic (exact) mass is 246 g/mol. The second kappa shape index (κ2) is 7.55. The van der Waals surface area contributed by atoms with E-state index in [1.807, 2.05) is 0 Å². The van der Waals surface area contributed by atoms with Crippen LogP contribution in [0.25, 0.3) is 0 Å². The Kier molecular flexibility index (Phi) is 5.69. The Morgan fingerprint density at radius 3 is 2.50 bits per heavy atom. The van der Waals surface area contributed by atoms with Crippen LogP contribution in [-0.2, 0) is 12.8 Å². The molecule has 2 heteroatoms. The van der Waals surface area contributed by atoms with Crippen LogP contribution < -0.4 is 10.6 Å². The van der Waals surface area contributed by atoms with Crippen LogP contribution in [0.1, 0.15) is 37.3 Å². The molecule has 1 aliphatic rings. The van der Waals surface area contributed by atoms with Crippen molar-refractivity contribution < 1.29 is 0 Å². The van der Waals surface area contributed by atoms with E-state index in [1.165, 1.54) is 43.4 Å². The summed E-state index contributed by atoms with van der Waals surface area (Å²) in [6, 6.07) is 9.80. The molecule has 1 fully saturated rings. The average Bonchev–Trinajstić information content (AvgIpc) is 2.42. The van der Waals surface area contributed by atoms with Crippen molar-refractivity contribution in [2.24, 2.45) is 0 Å². The van der Waals surface area contributed by atoms with E-state index in [4.69, 9.17) is 0 Å². The quantitative estimate of drug-likeness (QED) is 0.806. The van der Waals surface area contributed by atoms with E-state index in [-0.39, 0.29) is 0 Å². The lowest BCUT2D eigenvalue weighted by Crippen LogP contribution is -2.43. The number of aryl methyl sites for hydroxylation is 1. The van der Waals surface area contributed by atoms with Crippen LogP contribution in [-0.4, -0.2) is 25.7 Å². The molecule has 0 saturated carbocycles. The van der Waals surface area contributed by atoms with E-state index < -0.39 is 0 Å². The lowest BCUT2D eigenvalue weighted by molar-refractivity contribution is 0.392. The molecule has 0 radical (unpaired) electrons. The third kappa shape index (κ3) is 4.43. The van der Waals surface area contributed by atoms with Crippen molar-refractivity contribution in [3.63, 3.8) is 0 Å². The average molecular weight is 246 g/mol. The van der Waals surface area contributed by atoms with Crippen LogP contribution in [0.4, 0.5) is 0 Å². The SMILES string of the molecule is CCCc1ccc(CCNC2CCCNC2)cc1. The fourth-order valence-corrected chi connectivity index (χ4v) is 2.61. The predicted octanol–water partition coefficient (Wildman–Crippen LogP) is 2.52. The van der Waals surface area contributed by atoms with Crippen LogP contribution >= 0.6 is 0 Å². The highest BCUT2D eigenvalue weighted by molar-refractivity contribution is 5.22. The second-order valence-electron chi connectivity index (χ2n) is 5.31. The summed E-state index contributed by atoms with van der Waals surface area (Å²) in [6.45, 7) is 5.65. The molecule has 100 valence electrons. The van der Waals surface area contributed by atoms with Crippen LogP contribution in [0, 0.1) is 0 Å². The van der Waals surface area contributed by atoms with Crippen molar-refractivity contribution in [3.05, 3.63) is 35.4 Å². The van der Waals surface area contributed by atoms with Gasteiger partial charge in [0.05, 0.1) is 0 Å². The van der Waals surface area contributed by atoms with Gasteiger partial charge in [-0.1, -0.05) is 37.6 Å². The van der Waals surface area contributed by atoms with E-state index in [9.17, 15) is 0 Å². The molecular formula is C16H26N2. The summed E-state index contributed by atoms with van der Waals surface area (Å²) in [4.78, 5) is 0. The fraction of sp³-hybridized carbons (Fsp3) is 0.625. The molecular weight excluding hydrogens is 220 g/mol. The number of piperidine rings is 1. The molecule has 0 aliphatic carbocycles. The van der Waals surface area contributed by atoms with Crippen LogP contribution in [0.3, 0.4) is 0 Å². The fourth-order valence-electron chi connectivity index (χ4n) is 2.61. The lowest BCUT2D eigenvalue weighted by atomic mass is 10.0. The molecule has 1 saturated heterocycles. The molecule has 1 unspecified atom stereocenters. The van der Waals surface area contributed by atoms with E-state index in [0.717, 1.165) is 19.5 Å². The number of hydrogen-bond acceptors (Lipinski definition) is 2. The van der Waals surface area contributed by atoms with Crippen molar-refractivity contribution in [2.45, 2.75) is 45.1 Å². The van der Waals surface area contributed by atoms with Gasteiger partial charge in [0, 0.05) is 12.6 Å². The largest absolute Gasteiger partial charge is 0.315 e. The third-order valence-corrected chi connectivity index (χ3v) is 3.71. The van der Waals surface area contributed by atoms with Gasteiger partial charge in [-0.25, -0.2) is 0 Å². The highest BCUT2D eigenvalue weighted by atomic mass is 15.0. The van der Waals surface area contributed by atoms with Gasteiger partial charge in [0.15, 0.2) is 0 Å². The first-order chi connectivity index (χ1) is 8.88. The number of hydrogen-bond donors (Lipinski definition) is 2. The first kappa shape index (κ1) is 13.6. The topological polar surface area (TPSA) is 24.1 Å². The normalized spacial score (nSPS) is 19.9. The molecule has 1 aromatic carbocycles. The maximum absolute atomic E-state index is 3.65. The van der Waals surface area contributed by atoms with Crippen molar-refractivity contribution in [3.8, 4) is 0 Å². The van der Waals surface area contributed by atoms with E-state index in [1.54, 1.807) is 0 Å². The van der Waals surface area contributed by atoms with Crippen molar-refractivity contribution in [2.75, 3.05) is 19.6 Å². The van der Waals surface area contributed by atoms with Crippen LogP contribution in [0.15, 0.2) is 24.3 Å². The van der Waals surface area contributed by atoms with E-state index >= 15 is 0 Å². The van der Waals surface area contributed by atoms with Gasteiger partial charge in [-0.3, -0.25) is 0 Å². The maximum Gasteiger partial charge on any atom is 0.0193 e. The summed E-state index contributed by atoms with van der Waals surface area (Å²) >= 11 is 0. The van der Waals surface area contributed by atoms with Gasteiger partial charge in [0.25, 0.3) is 0 Å². The van der Waals surface area contributed by atoms with Gasteiger partial charge in [-0.2, -0.15) is 0 Å². The van der Waals surface area contributed by atoms with Crippen LogP contribution in [0.2, 0.25) is 0 Å². The summed E-state index contributed by atoms with van der Waals surface area (Å²) in [5.74, 6) is 0. The van der Waals surface area contributed by atoms with Crippen molar-refractivity contribution in [1.82, 2.24) is 10.6 Å². The maximum atomic E-state index is 3.65. The van der Waals surface area contributed by atoms with Crippen molar-refractivity contribution >= 4 is 0 Å². The van der Waals surface area contributed by atoms with Gasteiger partial charge >= 0.3 is 0 Å². The summed E-state index contributed by atoms with van der Waals surface area (Å²) < 4.78 is 0. The van der Waals surface area contributed by atoms with Gasteiger partial charge in [-0.15, -0.1) is 0 Å². The number of rotatable bonds is 6. The molecule has 1 heterocycles. The van der Waals surface area contributed by atoms with Crippen molar-refractivity contribution in [1.29, 1.82) is 0 Å². The molecule has 0 bridgehead atoms. The Morgan fingerprint density at radius 2 is 1.89 bits per heavy atom. The van der Waals surface area contributed by atoms with E-state index in [2.05, 4.69) is 41.8 Å². The van der Waals surface area contributed by atoms with Gasteiger partial charge < -0.3 is 10.6 Å². The highest BCUT2D eigenvalue weighted by Gasteiger charge is 2.11. The third-order valence-electron chi connectivity index (χ3n) is 3.71. The summed E-state index contributed by atoms with van der Waals surface area (Å²) in [6.07, 6.45) is 6.20. The minimum atomic E-state index is 0.679. The predicted molar refractivity (Wildman–Crippen MR) is 78.0 cm³/mol. The van der Waals surface area contributed by atoms with E-state index in [0.29, 0.717) is 6.04 Å². The Labute approximate surface area is 111 Å². The molecule has 0 aromatic heterocycles. The Morgan fingerprint density at radius 1 is 1.17 bits per heavy atom. The van der Waals surface area contributed by atoms with Gasteiger partial charge in [0.2, 0.25) is 0 Å². The summed E-state index contributed by atoms with van der Waals surface area (Å²) in [5.41, 5.74) is 2.91. The zero-order chi connectivity index (χ0) is 12.6. The first-order valence-corrected chi connectivity index (χ1v) is 7.40. The molecule has 0 amide bonds. The summed E-state index contributed by atoms with van der Waals surface area (Å²) in [5, 5.41) is 7.09. The highest BCUT2D eigenvalue weighted by Crippen LogP contribution is 2.07. The molecule has 18 heavy (non-hydrogen) atoms. The standard InChI is InChI=1S/C16H26N2/c1-2-4-14-6-8-15(9-7-14)10-12-18-16-5-3-11-17-13-16/h6-9,16-18H,2-5,10-13H2,1H3. The van der Waals surface area contributed by atoms with Gasteiger partial charge in [0.1, 0.15) is 0 Å². The Balaban J connectivity index is 1.69. The first-order valence-electron chi connectivity index (χ1n) is 7.40. The molecule has 1 aromatic rings.